The average molecular weight is 302 g/mol. The van der Waals surface area contributed by atoms with E-state index in [1.54, 1.807) is 0 Å². The highest BCUT2D eigenvalue weighted by atomic mass is 32.2. The van der Waals surface area contributed by atoms with Gasteiger partial charge in [-0.1, -0.05) is 20.8 Å². The van der Waals surface area contributed by atoms with Crippen molar-refractivity contribution in [3.63, 3.8) is 0 Å². The molecule has 0 heterocycles. The molecule has 3 N–H and O–H groups in total. The Balaban J connectivity index is 3.07. The van der Waals surface area contributed by atoms with E-state index in [9.17, 15) is 12.8 Å². The lowest BCUT2D eigenvalue weighted by atomic mass is 9.91. The third-order valence-corrected chi connectivity index (χ3v) is 4.91. The van der Waals surface area contributed by atoms with Crippen molar-refractivity contribution < 1.29 is 12.8 Å². The standard InChI is InChI=1S/C14H23FN2O2S/c1-5-14(3,4)9-17-20(18,19)12-6-10(2)13(15)11(7-12)8-16/h6-7,17H,5,8-9,16H2,1-4H3. The second-order valence-corrected chi connectivity index (χ2v) is 7.53. The maximum atomic E-state index is 13.7. The van der Waals surface area contributed by atoms with Crippen molar-refractivity contribution in [3.05, 3.63) is 29.1 Å². The molecule has 0 radical (unpaired) electrons. The highest BCUT2D eigenvalue weighted by Gasteiger charge is 2.22. The molecular formula is C14H23FN2O2S. The SMILES string of the molecule is CCC(C)(C)CNS(=O)(=O)c1cc(C)c(F)c(CN)c1. The molecule has 4 nitrogen and oxygen atoms in total. The number of benzene rings is 1. The monoisotopic (exact) mass is 302 g/mol. The molecule has 0 aliphatic heterocycles. The number of hydrogen-bond acceptors (Lipinski definition) is 3. The van der Waals surface area contributed by atoms with Crippen LogP contribution in [0, 0.1) is 18.2 Å². The average Bonchev–Trinajstić information content (AvgIpc) is 2.39. The van der Waals surface area contributed by atoms with Crippen LogP contribution in [0.25, 0.3) is 0 Å². The molecule has 0 aliphatic rings. The molecule has 0 atom stereocenters. The zero-order valence-electron chi connectivity index (χ0n) is 12.5. The van der Waals surface area contributed by atoms with Gasteiger partial charge in [-0.2, -0.15) is 0 Å². The van der Waals surface area contributed by atoms with E-state index in [4.69, 9.17) is 5.73 Å². The van der Waals surface area contributed by atoms with Crippen LogP contribution in [0.4, 0.5) is 4.39 Å². The van der Waals surface area contributed by atoms with Gasteiger partial charge in [-0.15, -0.1) is 0 Å². The summed E-state index contributed by atoms with van der Waals surface area (Å²) in [4.78, 5) is 0.0590. The van der Waals surface area contributed by atoms with E-state index >= 15 is 0 Å². The van der Waals surface area contributed by atoms with Crippen LogP contribution in [0.2, 0.25) is 0 Å². The second kappa shape index (κ2) is 6.20. The molecule has 1 aromatic rings. The fourth-order valence-corrected chi connectivity index (χ4v) is 2.99. The van der Waals surface area contributed by atoms with Crippen LogP contribution in [-0.2, 0) is 16.6 Å². The molecule has 0 saturated carbocycles. The van der Waals surface area contributed by atoms with Gasteiger partial charge in [-0.05, 0) is 36.5 Å². The van der Waals surface area contributed by atoms with Crippen molar-refractivity contribution in [2.45, 2.75) is 45.6 Å². The van der Waals surface area contributed by atoms with E-state index in [2.05, 4.69) is 4.72 Å². The third kappa shape index (κ3) is 4.01. The Hall–Kier alpha value is -0.980. The first-order valence-corrected chi connectivity index (χ1v) is 8.10. The number of nitrogens with two attached hydrogens (primary N) is 1. The first-order valence-electron chi connectivity index (χ1n) is 6.61. The number of rotatable bonds is 6. The van der Waals surface area contributed by atoms with Crippen LogP contribution in [0.3, 0.4) is 0 Å². The lowest BCUT2D eigenvalue weighted by Crippen LogP contribution is -2.33. The van der Waals surface area contributed by atoms with Gasteiger partial charge in [-0.3, -0.25) is 0 Å². The minimum atomic E-state index is -3.65. The summed E-state index contributed by atoms with van der Waals surface area (Å²) in [6.07, 6.45) is 0.853. The second-order valence-electron chi connectivity index (χ2n) is 5.76. The predicted molar refractivity (Wildman–Crippen MR) is 78.3 cm³/mol. The summed E-state index contributed by atoms with van der Waals surface area (Å²) in [6, 6.07) is 2.62. The fraction of sp³-hybridized carbons (Fsp3) is 0.571. The van der Waals surface area contributed by atoms with Crippen molar-refractivity contribution in [1.29, 1.82) is 0 Å². The van der Waals surface area contributed by atoms with Crippen LogP contribution in [0.5, 0.6) is 0 Å². The zero-order valence-corrected chi connectivity index (χ0v) is 13.3. The van der Waals surface area contributed by atoms with Gasteiger partial charge in [0.25, 0.3) is 0 Å². The molecule has 1 aromatic carbocycles. The van der Waals surface area contributed by atoms with E-state index in [-0.39, 0.29) is 28.0 Å². The van der Waals surface area contributed by atoms with Crippen LogP contribution >= 0.6 is 0 Å². The number of halogens is 1. The van der Waals surface area contributed by atoms with Crippen LogP contribution in [0.1, 0.15) is 38.3 Å². The Bertz CT molecular complexity index is 583. The Kier molecular flexibility index (Phi) is 5.29. The Morgan fingerprint density at radius 2 is 1.95 bits per heavy atom. The van der Waals surface area contributed by atoms with Gasteiger partial charge in [-0.25, -0.2) is 17.5 Å². The normalized spacial score (nSPS) is 12.7. The lowest BCUT2D eigenvalue weighted by molar-refractivity contribution is 0.350. The first kappa shape index (κ1) is 17.1. The van der Waals surface area contributed by atoms with Crippen LogP contribution in [-0.4, -0.2) is 15.0 Å². The molecule has 0 fully saturated rings. The molecule has 0 unspecified atom stereocenters. The summed E-state index contributed by atoms with van der Waals surface area (Å²) in [5.41, 5.74) is 5.80. The van der Waals surface area contributed by atoms with Gasteiger partial charge >= 0.3 is 0 Å². The quantitative estimate of drug-likeness (QED) is 0.847. The lowest BCUT2D eigenvalue weighted by Gasteiger charge is -2.23. The van der Waals surface area contributed by atoms with Gasteiger partial charge in [0.2, 0.25) is 10.0 Å². The van der Waals surface area contributed by atoms with Gasteiger partial charge in [0.15, 0.2) is 0 Å². The van der Waals surface area contributed by atoms with Crippen molar-refractivity contribution in [3.8, 4) is 0 Å². The molecule has 0 spiro atoms. The summed E-state index contributed by atoms with van der Waals surface area (Å²) in [5, 5.41) is 0. The van der Waals surface area contributed by atoms with Crippen LogP contribution < -0.4 is 10.5 Å². The van der Waals surface area contributed by atoms with Gasteiger partial charge in [0.1, 0.15) is 5.82 Å². The predicted octanol–water partition coefficient (Wildman–Crippen LogP) is 2.31. The van der Waals surface area contributed by atoms with E-state index in [1.807, 2.05) is 20.8 Å². The molecular weight excluding hydrogens is 279 g/mol. The summed E-state index contributed by atoms with van der Waals surface area (Å²) >= 11 is 0. The molecule has 0 aromatic heterocycles. The summed E-state index contributed by atoms with van der Waals surface area (Å²) < 4.78 is 40.8. The van der Waals surface area contributed by atoms with Crippen molar-refractivity contribution in [1.82, 2.24) is 4.72 Å². The number of nitrogens with one attached hydrogen (secondary N) is 1. The molecule has 0 amide bonds. The molecule has 20 heavy (non-hydrogen) atoms. The fourth-order valence-electron chi connectivity index (χ4n) is 1.61. The highest BCUT2D eigenvalue weighted by molar-refractivity contribution is 7.89. The molecule has 114 valence electrons. The summed E-state index contributed by atoms with van der Waals surface area (Å²) in [7, 11) is -3.65. The maximum absolute atomic E-state index is 13.7. The Labute approximate surface area is 120 Å². The largest absolute Gasteiger partial charge is 0.326 e. The topological polar surface area (TPSA) is 72.2 Å². The van der Waals surface area contributed by atoms with Crippen molar-refractivity contribution in [2.75, 3.05) is 6.54 Å². The molecule has 1 rings (SSSR count). The Morgan fingerprint density at radius 1 is 1.35 bits per heavy atom. The molecule has 0 saturated heterocycles. The minimum Gasteiger partial charge on any atom is -0.326 e. The highest BCUT2D eigenvalue weighted by Crippen LogP contribution is 2.21. The smallest absolute Gasteiger partial charge is 0.240 e. The molecule has 0 bridgehead atoms. The van der Waals surface area contributed by atoms with Gasteiger partial charge in [0, 0.05) is 18.7 Å². The number of aryl methyl sites for hydroxylation is 1. The maximum Gasteiger partial charge on any atom is 0.240 e. The molecule has 6 heteroatoms. The van der Waals surface area contributed by atoms with E-state index in [1.165, 1.54) is 19.1 Å². The van der Waals surface area contributed by atoms with E-state index < -0.39 is 15.8 Å². The number of hydrogen-bond donors (Lipinski definition) is 2. The molecule has 0 aliphatic carbocycles. The minimum absolute atomic E-state index is 0.0313. The third-order valence-electron chi connectivity index (χ3n) is 3.53. The van der Waals surface area contributed by atoms with Crippen molar-refractivity contribution >= 4 is 10.0 Å². The van der Waals surface area contributed by atoms with E-state index in [0.717, 1.165) is 6.42 Å². The first-order chi connectivity index (χ1) is 9.13. The van der Waals surface area contributed by atoms with Crippen LogP contribution in [0.15, 0.2) is 17.0 Å². The summed E-state index contributed by atoms with van der Waals surface area (Å²) in [5.74, 6) is -0.444. The van der Waals surface area contributed by atoms with Crippen molar-refractivity contribution in [2.24, 2.45) is 11.1 Å². The number of sulfonamides is 1. The Morgan fingerprint density at radius 3 is 2.45 bits per heavy atom. The summed E-state index contributed by atoms with van der Waals surface area (Å²) in [6.45, 7) is 7.80. The van der Waals surface area contributed by atoms with Gasteiger partial charge in [0.05, 0.1) is 4.90 Å². The van der Waals surface area contributed by atoms with Gasteiger partial charge < -0.3 is 5.73 Å². The zero-order chi connectivity index (χ0) is 15.6. The van der Waals surface area contributed by atoms with E-state index in [0.29, 0.717) is 6.54 Å².